The minimum atomic E-state index is -0.211. The first-order valence-corrected chi connectivity index (χ1v) is 13.7. The van der Waals surface area contributed by atoms with Crippen molar-refractivity contribution in [2.75, 3.05) is 28.4 Å². The molecule has 2 aromatic heterocycles. The number of rotatable bonds is 13. The molecule has 0 radical (unpaired) electrons. The van der Waals surface area contributed by atoms with E-state index in [1.165, 1.54) is 14.2 Å². The average Bonchev–Trinajstić information content (AvgIpc) is 3.65. The molecule has 2 aromatic carbocycles. The lowest BCUT2D eigenvalue weighted by Crippen LogP contribution is -2.00. The standard InChI is InChI=1S/2C16H19NO4/c1-11-13(9-6-10-15(18)20-3)21-16(17-11)12-7-4-5-8-14(12)19-2;1-19-14-9-5-4-8-13(14)16-17-12(11-21-16)7-3-6-10-15(18)20-2/h4-5,7-8H,6,9-10H2,1-3H3;4-5,8-9,11H,3,6-7,10H2,1-2H3. The molecule has 0 aliphatic rings. The van der Waals surface area contributed by atoms with Crippen molar-refractivity contribution < 1.29 is 37.4 Å². The van der Waals surface area contributed by atoms with E-state index in [1.807, 2.05) is 55.5 Å². The lowest BCUT2D eigenvalue weighted by atomic mass is 10.1. The van der Waals surface area contributed by atoms with Gasteiger partial charge in [0.25, 0.3) is 0 Å². The van der Waals surface area contributed by atoms with Crippen LogP contribution in [0.25, 0.3) is 22.9 Å². The van der Waals surface area contributed by atoms with Crippen LogP contribution in [0.1, 0.15) is 49.3 Å². The van der Waals surface area contributed by atoms with Gasteiger partial charge in [0, 0.05) is 19.3 Å². The topological polar surface area (TPSA) is 123 Å². The van der Waals surface area contributed by atoms with E-state index in [4.69, 9.17) is 18.3 Å². The number of aromatic nitrogens is 2. The van der Waals surface area contributed by atoms with Crippen molar-refractivity contribution in [1.29, 1.82) is 0 Å². The molecule has 2 heterocycles. The van der Waals surface area contributed by atoms with Gasteiger partial charge in [0.05, 0.1) is 51.0 Å². The number of nitrogens with zero attached hydrogens (tertiary/aromatic N) is 2. The Morgan fingerprint density at radius 1 is 0.714 bits per heavy atom. The largest absolute Gasteiger partial charge is 0.496 e. The van der Waals surface area contributed by atoms with Crippen LogP contribution in [0.15, 0.2) is 63.6 Å². The van der Waals surface area contributed by atoms with Crippen molar-refractivity contribution in [3.8, 4) is 34.4 Å². The van der Waals surface area contributed by atoms with Gasteiger partial charge in [-0.3, -0.25) is 9.59 Å². The predicted octanol–water partition coefficient (Wildman–Crippen LogP) is 6.39. The number of hydrogen-bond acceptors (Lipinski definition) is 10. The van der Waals surface area contributed by atoms with E-state index in [2.05, 4.69) is 19.4 Å². The van der Waals surface area contributed by atoms with Crippen LogP contribution in [0.3, 0.4) is 0 Å². The number of methoxy groups -OCH3 is 4. The predicted molar refractivity (Wildman–Crippen MR) is 156 cm³/mol. The Labute approximate surface area is 246 Å². The lowest BCUT2D eigenvalue weighted by Gasteiger charge is -2.03. The van der Waals surface area contributed by atoms with Crippen LogP contribution in [0.4, 0.5) is 0 Å². The number of unbranched alkanes of at least 4 members (excludes halogenated alkanes) is 1. The Bertz CT molecular complexity index is 1430. The summed E-state index contributed by atoms with van der Waals surface area (Å²) in [5.41, 5.74) is 3.37. The second-order valence-electron chi connectivity index (χ2n) is 9.29. The number of hydrogen-bond donors (Lipinski definition) is 0. The zero-order valence-corrected chi connectivity index (χ0v) is 24.8. The molecule has 224 valence electrons. The highest BCUT2D eigenvalue weighted by molar-refractivity contribution is 5.69. The first-order valence-electron chi connectivity index (χ1n) is 13.7. The fraction of sp³-hybridized carbons (Fsp3) is 0.375. The maximum absolute atomic E-state index is 11.1. The van der Waals surface area contributed by atoms with Crippen molar-refractivity contribution in [1.82, 2.24) is 9.97 Å². The van der Waals surface area contributed by atoms with Gasteiger partial charge in [0.2, 0.25) is 11.8 Å². The summed E-state index contributed by atoms with van der Waals surface area (Å²) < 4.78 is 31.2. The summed E-state index contributed by atoms with van der Waals surface area (Å²) >= 11 is 0. The van der Waals surface area contributed by atoms with Gasteiger partial charge >= 0.3 is 11.9 Å². The van der Waals surface area contributed by atoms with Crippen molar-refractivity contribution >= 4 is 11.9 Å². The zero-order chi connectivity index (χ0) is 30.3. The Morgan fingerprint density at radius 2 is 1.29 bits per heavy atom. The lowest BCUT2D eigenvalue weighted by molar-refractivity contribution is -0.141. The summed E-state index contributed by atoms with van der Waals surface area (Å²) in [5, 5.41) is 0. The number of carbonyl (C=O) groups excluding carboxylic acids is 2. The molecule has 4 aromatic rings. The first kappa shape index (κ1) is 31.9. The molecule has 0 fully saturated rings. The van der Waals surface area contributed by atoms with Gasteiger partial charge in [-0.25, -0.2) is 9.97 Å². The molecule has 0 atom stereocenters. The molecule has 42 heavy (non-hydrogen) atoms. The highest BCUT2D eigenvalue weighted by Crippen LogP contribution is 2.31. The van der Waals surface area contributed by atoms with E-state index in [-0.39, 0.29) is 11.9 Å². The van der Waals surface area contributed by atoms with Gasteiger partial charge in [-0.2, -0.15) is 0 Å². The maximum Gasteiger partial charge on any atom is 0.305 e. The molecule has 0 saturated heterocycles. The number of carbonyl (C=O) groups is 2. The van der Waals surface area contributed by atoms with E-state index in [9.17, 15) is 9.59 Å². The summed E-state index contributed by atoms with van der Waals surface area (Å²) in [7, 11) is 6.03. The Kier molecular flexibility index (Phi) is 12.6. The smallest absolute Gasteiger partial charge is 0.305 e. The molecule has 0 aliphatic carbocycles. The summed E-state index contributed by atoms with van der Waals surface area (Å²) in [6.45, 7) is 1.90. The van der Waals surface area contributed by atoms with Crippen LogP contribution < -0.4 is 9.47 Å². The Hall–Kier alpha value is -4.60. The maximum atomic E-state index is 11.1. The van der Waals surface area contributed by atoms with Crippen LogP contribution in [0, 0.1) is 6.92 Å². The van der Waals surface area contributed by atoms with Crippen molar-refractivity contribution in [2.45, 2.75) is 51.9 Å². The summed E-state index contributed by atoms with van der Waals surface area (Å²) in [6.07, 6.45) is 6.22. The molecule has 10 nitrogen and oxygen atoms in total. The second-order valence-corrected chi connectivity index (χ2v) is 9.29. The van der Waals surface area contributed by atoms with E-state index >= 15 is 0 Å². The fourth-order valence-electron chi connectivity index (χ4n) is 4.14. The highest BCUT2D eigenvalue weighted by atomic mass is 16.5. The van der Waals surface area contributed by atoms with Crippen molar-refractivity contribution in [3.05, 3.63) is 71.9 Å². The summed E-state index contributed by atoms with van der Waals surface area (Å²) in [5.74, 6) is 2.95. The molecular formula is C32H38N2O8. The van der Waals surface area contributed by atoms with Gasteiger partial charge in [-0.15, -0.1) is 0 Å². The average molecular weight is 579 g/mol. The molecule has 0 unspecified atom stereocenters. The van der Waals surface area contributed by atoms with E-state index in [0.29, 0.717) is 37.5 Å². The van der Waals surface area contributed by atoms with Crippen molar-refractivity contribution in [2.24, 2.45) is 0 Å². The van der Waals surface area contributed by atoms with Crippen molar-refractivity contribution in [3.63, 3.8) is 0 Å². The molecule has 0 saturated carbocycles. The van der Waals surface area contributed by atoms with E-state index in [0.717, 1.165) is 59.0 Å². The van der Waals surface area contributed by atoms with E-state index < -0.39 is 0 Å². The third kappa shape index (κ3) is 9.22. The Balaban J connectivity index is 0.000000230. The number of esters is 2. The quantitative estimate of drug-likeness (QED) is 0.130. The normalized spacial score (nSPS) is 10.4. The number of ether oxygens (including phenoxy) is 4. The Morgan fingerprint density at radius 3 is 1.88 bits per heavy atom. The van der Waals surface area contributed by atoms with Crippen LogP contribution in [-0.4, -0.2) is 50.3 Å². The molecule has 0 bridgehead atoms. The number of oxazole rings is 2. The number of benzene rings is 2. The molecular weight excluding hydrogens is 540 g/mol. The molecule has 0 spiro atoms. The number of aryl methyl sites for hydroxylation is 3. The minimum absolute atomic E-state index is 0.176. The van der Waals surface area contributed by atoms with Gasteiger partial charge < -0.3 is 27.8 Å². The minimum Gasteiger partial charge on any atom is -0.496 e. The van der Waals surface area contributed by atoms with Gasteiger partial charge in [-0.1, -0.05) is 24.3 Å². The second kappa shape index (κ2) is 16.6. The molecule has 10 heteroatoms. The third-order valence-corrected chi connectivity index (χ3v) is 6.42. The van der Waals surface area contributed by atoms with Crippen LogP contribution >= 0.6 is 0 Å². The summed E-state index contributed by atoms with van der Waals surface area (Å²) in [4.78, 5) is 31.0. The number of para-hydroxylation sites is 2. The molecule has 0 aliphatic heterocycles. The third-order valence-electron chi connectivity index (χ3n) is 6.42. The summed E-state index contributed by atoms with van der Waals surface area (Å²) in [6, 6.07) is 15.2. The van der Waals surface area contributed by atoms with E-state index in [1.54, 1.807) is 20.5 Å². The van der Waals surface area contributed by atoms with Gasteiger partial charge in [-0.05, 0) is 56.9 Å². The fourth-order valence-corrected chi connectivity index (χ4v) is 4.14. The van der Waals surface area contributed by atoms with Crippen LogP contribution in [0.2, 0.25) is 0 Å². The first-order chi connectivity index (χ1) is 20.4. The SMILES string of the molecule is COC(=O)CCCCc1coc(-c2ccccc2OC)n1.COC(=O)CCCc1oc(-c2ccccc2OC)nc1C. The van der Waals surface area contributed by atoms with Gasteiger partial charge in [0.15, 0.2) is 0 Å². The molecule has 4 rings (SSSR count). The monoisotopic (exact) mass is 578 g/mol. The van der Waals surface area contributed by atoms with Gasteiger partial charge in [0.1, 0.15) is 23.5 Å². The molecule has 0 amide bonds. The molecule has 0 N–H and O–H groups in total. The van der Waals surface area contributed by atoms with Crippen LogP contribution in [-0.2, 0) is 31.9 Å². The highest BCUT2D eigenvalue weighted by Gasteiger charge is 2.15. The van der Waals surface area contributed by atoms with Crippen LogP contribution in [0.5, 0.6) is 11.5 Å². The zero-order valence-electron chi connectivity index (χ0n) is 24.8.